The number of benzene rings is 3. The lowest BCUT2D eigenvalue weighted by Crippen LogP contribution is -2.02. The van der Waals surface area contributed by atoms with Gasteiger partial charge >= 0.3 is 5.63 Å². The number of non-ortho nitro benzene ring substituents is 1. The SMILES string of the molecule is COc1ccc(-c2cc(=O)oc3c(C)c(OCc4ccc([N+](=O)[O-])cc4)ccc23)cc1. The van der Waals surface area contributed by atoms with Gasteiger partial charge in [-0.25, -0.2) is 4.79 Å². The van der Waals surface area contributed by atoms with Crippen molar-refractivity contribution in [2.24, 2.45) is 0 Å². The molecule has 0 fully saturated rings. The molecule has 31 heavy (non-hydrogen) atoms. The first kappa shape index (κ1) is 20.2. The molecular weight excluding hydrogens is 398 g/mol. The summed E-state index contributed by atoms with van der Waals surface area (Å²) < 4.78 is 16.6. The van der Waals surface area contributed by atoms with Gasteiger partial charge in [0.25, 0.3) is 5.69 Å². The van der Waals surface area contributed by atoms with Gasteiger partial charge in [0.15, 0.2) is 0 Å². The molecule has 0 saturated heterocycles. The van der Waals surface area contributed by atoms with Crippen LogP contribution < -0.4 is 15.1 Å². The average molecular weight is 417 g/mol. The van der Waals surface area contributed by atoms with E-state index in [0.717, 1.165) is 27.8 Å². The average Bonchev–Trinajstić information content (AvgIpc) is 2.79. The van der Waals surface area contributed by atoms with Crippen LogP contribution in [0.3, 0.4) is 0 Å². The Morgan fingerprint density at radius 3 is 2.35 bits per heavy atom. The molecule has 4 rings (SSSR count). The van der Waals surface area contributed by atoms with E-state index in [-0.39, 0.29) is 12.3 Å². The lowest BCUT2D eigenvalue weighted by molar-refractivity contribution is -0.384. The van der Waals surface area contributed by atoms with Crippen molar-refractivity contribution < 1.29 is 18.8 Å². The number of aryl methyl sites for hydroxylation is 1. The molecule has 4 aromatic rings. The number of hydrogen-bond donors (Lipinski definition) is 0. The molecule has 156 valence electrons. The van der Waals surface area contributed by atoms with E-state index in [1.807, 2.05) is 43.3 Å². The van der Waals surface area contributed by atoms with E-state index in [2.05, 4.69) is 0 Å². The molecule has 0 aliphatic carbocycles. The van der Waals surface area contributed by atoms with E-state index < -0.39 is 10.5 Å². The molecule has 0 radical (unpaired) electrons. The minimum absolute atomic E-state index is 0.0264. The number of fused-ring (bicyclic) bond motifs is 1. The Kier molecular flexibility index (Phi) is 5.41. The smallest absolute Gasteiger partial charge is 0.336 e. The fraction of sp³-hybridized carbons (Fsp3) is 0.125. The number of nitro benzene ring substituents is 1. The highest BCUT2D eigenvalue weighted by Crippen LogP contribution is 2.34. The Balaban J connectivity index is 1.66. The third-order valence-corrected chi connectivity index (χ3v) is 5.05. The van der Waals surface area contributed by atoms with Crippen molar-refractivity contribution in [2.75, 3.05) is 7.11 Å². The van der Waals surface area contributed by atoms with Gasteiger partial charge in [0.2, 0.25) is 0 Å². The minimum Gasteiger partial charge on any atom is -0.497 e. The second kappa shape index (κ2) is 8.31. The summed E-state index contributed by atoms with van der Waals surface area (Å²) in [6, 6.07) is 18.8. The van der Waals surface area contributed by atoms with Crippen molar-refractivity contribution in [2.45, 2.75) is 13.5 Å². The van der Waals surface area contributed by atoms with Crippen molar-refractivity contribution in [1.82, 2.24) is 0 Å². The molecule has 0 aliphatic rings. The van der Waals surface area contributed by atoms with Gasteiger partial charge in [-0.05, 0) is 60.0 Å². The summed E-state index contributed by atoms with van der Waals surface area (Å²) in [6.07, 6.45) is 0. The summed E-state index contributed by atoms with van der Waals surface area (Å²) in [4.78, 5) is 22.6. The molecule has 1 aromatic heterocycles. The van der Waals surface area contributed by atoms with Gasteiger partial charge in [-0.1, -0.05) is 12.1 Å². The van der Waals surface area contributed by atoms with Gasteiger partial charge in [0, 0.05) is 29.1 Å². The Morgan fingerprint density at radius 1 is 1.00 bits per heavy atom. The number of hydrogen-bond acceptors (Lipinski definition) is 6. The molecule has 0 aliphatic heterocycles. The lowest BCUT2D eigenvalue weighted by atomic mass is 10.00. The first-order valence-corrected chi connectivity index (χ1v) is 9.54. The summed E-state index contributed by atoms with van der Waals surface area (Å²) >= 11 is 0. The largest absolute Gasteiger partial charge is 0.497 e. The number of nitro groups is 1. The van der Waals surface area contributed by atoms with Crippen LogP contribution in [-0.2, 0) is 6.61 Å². The fourth-order valence-electron chi connectivity index (χ4n) is 3.38. The van der Waals surface area contributed by atoms with Gasteiger partial charge < -0.3 is 13.9 Å². The zero-order chi connectivity index (χ0) is 22.0. The fourth-order valence-corrected chi connectivity index (χ4v) is 3.38. The molecule has 0 amide bonds. The zero-order valence-electron chi connectivity index (χ0n) is 17.0. The molecule has 1 heterocycles. The molecule has 7 nitrogen and oxygen atoms in total. The molecule has 0 bridgehead atoms. The monoisotopic (exact) mass is 417 g/mol. The first-order chi connectivity index (χ1) is 15.0. The maximum atomic E-state index is 12.2. The summed E-state index contributed by atoms with van der Waals surface area (Å²) in [7, 11) is 1.60. The van der Waals surface area contributed by atoms with Gasteiger partial charge in [0.05, 0.1) is 12.0 Å². The van der Waals surface area contributed by atoms with Crippen LogP contribution in [0.2, 0.25) is 0 Å². The second-order valence-corrected chi connectivity index (χ2v) is 6.99. The maximum Gasteiger partial charge on any atom is 0.336 e. The zero-order valence-corrected chi connectivity index (χ0v) is 17.0. The molecule has 0 unspecified atom stereocenters. The van der Waals surface area contributed by atoms with Crippen LogP contribution in [0.5, 0.6) is 11.5 Å². The highest BCUT2D eigenvalue weighted by Gasteiger charge is 2.14. The topological polar surface area (TPSA) is 91.8 Å². The summed E-state index contributed by atoms with van der Waals surface area (Å²) in [5, 5.41) is 11.6. The van der Waals surface area contributed by atoms with E-state index in [0.29, 0.717) is 16.9 Å². The van der Waals surface area contributed by atoms with Gasteiger partial charge in [-0.3, -0.25) is 10.1 Å². The number of nitrogens with zero attached hydrogens (tertiary/aromatic N) is 1. The van der Waals surface area contributed by atoms with E-state index >= 15 is 0 Å². The van der Waals surface area contributed by atoms with E-state index in [1.165, 1.54) is 18.2 Å². The molecule has 0 spiro atoms. The maximum absolute atomic E-state index is 12.2. The molecule has 0 saturated carbocycles. The van der Waals surface area contributed by atoms with E-state index in [1.54, 1.807) is 19.2 Å². The van der Waals surface area contributed by atoms with Crippen molar-refractivity contribution in [3.63, 3.8) is 0 Å². The van der Waals surface area contributed by atoms with Crippen LogP contribution in [0.1, 0.15) is 11.1 Å². The minimum atomic E-state index is -0.450. The van der Waals surface area contributed by atoms with Crippen molar-refractivity contribution in [1.29, 1.82) is 0 Å². The Bertz CT molecular complexity index is 1310. The summed E-state index contributed by atoms with van der Waals surface area (Å²) in [6.45, 7) is 2.06. The van der Waals surface area contributed by atoms with Crippen LogP contribution in [0.25, 0.3) is 22.1 Å². The third-order valence-electron chi connectivity index (χ3n) is 5.05. The highest BCUT2D eigenvalue weighted by molar-refractivity contribution is 5.95. The van der Waals surface area contributed by atoms with Crippen LogP contribution in [0.15, 0.2) is 75.9 Å². The van der Waals surface area contributed by atoms with E-state index in [4.69, 9.17) is 13.9 Å². The third kappa shape index (κ3) is 4.11. The number of rotatable bonds is 6. The quantitative estimate of drug-likeness (QED) is 0.241. The molecule has 0 N–H and O–H groups in total. The van der Waals surface area contributed by atoms with Crippen molar-refractivity contribution in [3.8, 4) is 22.6 Å². The van der Waals surface area contributed by atoms with E-state index in [9.17, 15) is 14.9 Å². The summed E-state index contributed by atoms with van der Waals surface area (Å²) in [5.74, 6) is 1.30. The second-order valence-electron chi connectivity index (χ2n) is 6.99. The summed E-state index contributed by atoms with van der Waals surface area (Å²) in [5.41, 5.74) is 3.16. The van der Waals surface area contributed by atoms with Gasteiger partial charge in [-0.15, -0.1) is 0 Å². The normalized spacial score (nSPS) is 10.8. The Hall–Kier alpha value is -4.13. The van der Waals surface area contributed by atoms with Crippen LogP contribution in [0.4, 0.5) is 5.69 Å². The molecule has 0 atom stereocenters. The number of methoxy groups -OCH3 is 1. The molecule has 7 heteroatoms. The van der Waals surface area contributed by atoms with Crippen molar-refractivity contribution in [3.05, 3.63) is 98.4 Å². The van der Waals surface area contributed by atoms with Crippen LogP contribution in [0, 0.1) is 17.0 Å². The van der Waals surface area contributed by atoms with Crippen LogP contribution in [-0.4, -0.2) is 12.0 Å². The van der Waals surface area contributed by atoms with Crippen LogP contribution >= 0.6 is 0 Å². The standard InChI is InChI=1S/C24H19NO6/c1-15-22(30-14-16-3-7-18(8-4-16)25(27)28)12-11-20-21(13-23(26)31-24(15)20)17-5-9-19(29-2)10-6-17/h3-13H,14H2,1-2H3. The van der Waals surface area contributed by atoms with Crippen molar-refractivity contribution >= 4 is 16.7 Å². The highest BCUT2D eigenvalue weighted by atomic mass is 16.6. The molecule has 3 aromatic carbocycles. The Labute approximate surface area is 177 Å². The Morgan fingerprint density at radius 2 is 1.71 bits per heavy atom. The predicted molar refractivity (Wildman–Crippen MR) is 117 cm³/mol. The van der Waals surface area contributed by atoms with Gasteiger partial charge in [0.1, 0.15) is 23.7 Å². The molecular formula is C24H19NO6. The predicted octanol–water partition coefficient (Wildman–Crippen LogP) is 5.26. The van der Waals surface area contributed by atoms with Gasteiger partial charge in [-0.2, -0.15) is 0 Å². The first-order valence-electron chi connectivity index (χ1n) is 9.54. The number of ether oxygens (including phenoxy) is 2. The lowest BCUT2D eigenvalue weighted by Gasteiger charge is -2.13.